The summed E-state index contributed by atoms with van der Waals surface area (Å²) in [5, 5.41) is 17.7. The van der Waals surface area contributed by atoms with Gasteiger partial charge in [-0.05, 0) is 30.3 Å². The van der Waals surface area contributed by atoms with Crippen molar-refractivity contribution in [2.24, 2.45) is 0 Å². The Morgan fingerprint density at radius 3 is 2.38 bits per heavy atom. The number of rotatable bonds is 6. The van der Waals surface area contributed by atoms with E-state index in [1.165, 1.54) is 42.5 Å². The number of nitrogens with zero attached hydrogens (tertiary/aromatic N) is 1. The second-order valence-corrected chi connectivity index (χ2v) is 6.64. The fraction of sp³-hybridized carbons (Fsp3) is 0.125. The van der Waals surface area contributed by atoms with E-state index in [2.05, 4.69) is 4.72 Å². The van der Waals surface area contributed by atoms with Gasteiger partial charge >= 0.3 is 5.97 Å². The Morgan fingerprint density at radius 1 is 1.21 bits per heavy atom. The molecule has 2 N–H and O–H groups in total. The SMILES string of the molecule is N#Cc1ccc(S(=O)(=O)NC(CC(=O)O)c2ccccc2F)cc1. The number of nitriles is 1. The average Bonchev–Trinajstić information content (AvgIpc) is 2.54. The van der Waals surface area contributed by atoms with Crippen LogP contribution in [0.25, 0.3) is 0 Å². The molecular formula is C16H13FN2O4S. The lowest BCUT2D eigenvalue weighted by molar-refractivity contribution is -0.137. The van der Waals surface area contributed by atoms with Crippen LogP contribution in [-0.2, 0) is 14.8 Å². The van der Waals surface area contributed by atoms with Crippen LogP contribution in [0.1, 0.15) is 23.6 Å². The third kappa shape index (κ3) is 4.16. The number of carboxylic acid groups (broad SMARTS) is 1. The van der Waals surface area contributed by atoms with E-state index >= 15 is 0 Å². The van der Waals surface area contributed by atoms with Gasteiger partial charge in [0.05, 0.1) is 29.0 Å². The zero-order valence-electron chi connectivity index (χ0n) is 12.3. The van der Waals surface area contributed by atoms with Gasteiger partial charge in [0.1, 0.15) is 5.82 Å². The van der Waals surface area contributed by atoms with Crippen molar-refractivity contribution >= 4 is 16.0 Å². The molecule has 8 heteroatoms. The fourth-order valence-electron chi connectivity index (χ4n) is 2.11. The molecule has 0 heterocycles. The Kier molecular flexibility index (Phi) is 5.28. The Balaban J connectivity index is 2.36. The number of halogens is 1. The van der Waals surface area contributed by atoms with E-state index in [-0.39, 0.29) is 16.0 Å². The molecule has 0 aliphatic heterocycles. The number of hydrogen-bond acceptors (Lipinski definition) is 4. The predicted molar refractivity (Wildman–Crippen MR) is 82.9 cm³/mol. The minimum atomic E-state index is -4.08. The van der Waals surface area contributed by atoms with Crippen LogP contribution in [0.15, 0.2) is 53.4 Å². The molecule has 124 valence electrons. The molecule has 24 heavy (non-hydrogen) atoms. The summed E-state index contributed by atoms with van der Waals surface area (Å²) < 4.78 is 40.9. The van der Waals surface area contributed by atoms with Gasteiger partial charge in [-0.3, -0.25) is 4.79 Å². The molecule has 0 saturated heterocycles. The van der Waals surface area contributed by atoms with Gasteiger partial charge < -0.3 is 5.11 Å². The highest BCUT2D eigenvalue weighted by Crippen LogP contribution is 2.23. The smallest absolute Gasteiger partial charge is 0.305 e. The summed E-state index contributed by atoms with van der Waals surface area (Å²) >= 11 is 0. The van der Waals surface area contributed by atoms with Crippen LogP contribution in [0.5, 0.6) is 0 Å². The van der Waals surface area contributed by atoms with Crippen molar-refractivity contribution in [1.29, 1.82) is 5.26 Å². The number of sulfonamides is 1. The molecule has 0 radical (unpaired) electrons. The molecule has 2 aromatic carbocycles. The maximum atomic E-state index is 13.9. The molecule has 1 unspecified atom stereocenters. The molecule has 0 fully saturated rings. The lowest BCUT2D eigenvalue weighted by Crippen LogP contribution is -2.30. The Hall–Kier alpha value is -2.76. The number of carboxylic acids is 1. The summed E-state index contributed by atoms with van der Waals surface area (Å²) in [5.41, 5.74) is 0.224. The largest absolute Gasteiger partial charge is 0.481 e. The topological polar surface area (TPSA) is 107 Å². The Bertz CT molecular complexity index is 889. The molecule has 0 aliphatic rings. The third-order valence-electron chi connectivity index (χ3n) is 3.25. The lowest BCUT2D eigenvalue weighted by atomic mass is 10.0. The molecule has 1 atom stereocenters. The van der Waals surface area contributed by atoms with E-state index in [9.17, 15) is 17.6 Å². The number of hydrogen-bond donors (Lipinski definition) is 2. The van der Waals surface area contributed by atoms with Crippen LogP contribution in [0.2, 0.25) is 0 Å². The van der Waals surface area contributed by atoms with E-state index < -0.39 is 34.3 Å². The van der Waals surface area contributed by atoms with Crippen LogP contribution in [-0.4, -0.2) is 19.5 Å². The molecule has 2 aromatic rings. The Labute approximate surface area is 138 Å². The molecule has 0 saturated carbocycles. The molecule has 0 aliphatic carbocycles. The monoisotopic (exact) mass is 348 g/mol. The maximum absolute atomic E-state index is 13.9. The van der Waals surface area contributed by atoms with Crippen molar-refractivity contribution in [3.63, 3.8) is 0 Å². The van der Waals surface area contributed by atoms with Gasteiger partial charge in [-0.2, -0.15) is 5.26 Å². The predicted octanol–water partition coefficient (Wildman–Crippen LogP) is 2.19. The van der Waals surface area contributed by atoms with Crippen molar-refractivity contribution < 1.29 is 22.7 Å². The molecule has 0 bridgehead atoms. The molecule has 0 spiro atoms. The van der Waals surface area contributed by atoms with Crippen molar-refractivity contribution in [1.82, 2.24) is 4.72 Å². The summed E-state index contributed by atoms with van der Waals surface area (Å²) in [6.45, 7) is 0. The average molecular weight is 348 g/mol. The molecule has 2 rings (SSSR count). The van der Waals surface area contributed by atoms with Gasteiger partial charge in [-0.15, -0.1) is 0 Å². The summed E-state index contributed by atoms with van der Waals surface area (Å²) in [4.78, 5) is 10.9. The zero-order valence-corrected chi connectivity index (χ0v) is 13.1. The van der Waals surface area contributed by atoms with E-state index in [0.29, 0.717) is 0 Å². The normalized spacial score (nSPS) is 12.3. The molecule has 0 amide bonds. The number of benzene rings is 2. The Morgan fingerprint density at radius 2 is 1.83 bits per heavy atom. The summed E-state index contributed by atoms with van der Waals surface area (Å²) in [6, 6.07) is 11.1. The van der Waals surface area contributed by atoms with Gasteiger partial charge in [0, 0.05) is 5.56 Å². The minimum Gasteiger partial charge on any atom is -0.481 e. The summed E-state index contributed by atoms with van der Waals surface area (Å²) in [7, 11) is -4.08. The van der Waals surface area contributed by atoms with Gasteiger partial charge in [-0.25, -0.2) is 17.5 Å². The maximum Gasteiger partial charge on any atom is 0.305 e. The highest BCUT2D eigenvalue weighted by atomic mass is 32.2. The highest BCUT2D eigenvalue weighted by molar-refractivity contribution is 7.89. The van der Waals surface area contributed by atoms with Gasteiger partial charge in [0.15, 0.2) is 0 Å². The summed E-state index contributed by atoms with van der Waals surface area (Å²) in [6.07, 6.45) is -0.615. The first-order chi connectivity index (χ1) is 11.3. The summed E-state index contributed by atoms with van der Waals surface area (Å²) in [5.74, 6) is -1.97. The first-order valence-corrected chi connectivity index (χ1v) is 8.30. The first kappa shape index (κ1) is 17.6. The number of aliphatic carboxylic acids is 1. The van der Waals surface area contributed by atoms with Crippen molar-refractivity contribution in [2.75, 3.05) is 0 Å². The van der Waals surface area contributed by atoms with E-state index in [0.717, 1.165) is 6.07 Å². The van der Waals surface area contributed by atoms with E-state index in [1.54, 1.807) is 0 Å². The second kappa shape index (κ2) is 7.21. The third-order valence-corrected chi connectivity index (χ3v) is 4.74. The van der Waals surface area contributed by atoms with Crippen LogP contribution < -0.4 is 4.72 Å². The van der Waals surface area contributed by atoms with Crippen molar-refractivity contribution in [3.8, 4) is 6.07 Å². The molecule has 0 aromatic heterocycles. The quantitative estimate of drug-likeness (QED) is 0.832. The second-order valence-electron chi connectivity index (χ2n) is 4.93. The molecule has 6 nitrogen and oxygen atoms in total. The van der Waals surface area contributed by atoms with Crippen molar-refractivity contribution in [3.05, 3.63) is 65.5 Å². The van der Waals surface area contributed by atoms with Crippen LogP contribution in [0, 0.1) is 17.1 Å². The number of nitrogens with one attached hydrogen (secondary N) is 1. The fourth-order valence-corrected chi connectivity index (χ4v) is 3.33. The zero-order chi connectivity index (χ0) is 17.7. The highest BCUT2D eigenvalue weighted by Gasteiger charge is 2.25. The number of carbonyl (C=O) groups is 1. The van der Waals surface area contributed by atoms with Gasteiger partial charge in [0.2, 0.25) is 10.0 Å². The van der Waals surface area contributed by atoms with Crippen LogP contribution in [0.4, 0.5) is 4.39 Å². The first-order valence-electron chi connectivity index (χ1n) is 6.82. The standard InChI is InChI=1S/C16H13FN2O4S/c17-14-4-2-1-3-13(14)15(9-16(20)21)19-24(22,23)12-7-5-11(10-18)6-8-12/h1-8,15,19H,9H2,(H,20,21). The minimum absolute atomic E-state index is 0.0582. The lowest BCUT2D eigenvalue weighted by Gasteiger charge is -2.18. The van der Waals surface area contributed by atoms with E-state index in [4.69, 9.17) is 10.4 Å². The van der Waals surface area contributed by atoms with Crippen LogP contribution >= 0.6 is 0 Å². The van der Waals surface area contributed by atoms with Gasteiger partial charge in [-0.1, -0.05) is 18.2 Å². The van der Waals surface area contributed by atoms with Crippen LogP contribution in [0.3, 0.4) is 0 Å². The van der Waals surface area contributed by atoms with Crippen molar-refractivity contribution in [2.45, 2.75) is 17.4 Å². The van der Waals surface area contributed by atoms with Gasteiger partial charge in [0.25, 0.3) is 0 Å². The van der Waals surface area contributed by atoms with E-state index in [1.807, 2.05) is 6.07 Å². The molecular weight excluding hydrogens is 335 g/mol.